The van der Waals surface area contributed by atoms with E-state index >= 15 is 0 Å². The molecule has 22 heavy (non-hydrogen) atoms. The van der Waals surface area contributed by atoms with Gasteiger partial charge in [0.05, 0.1) is 18.3 Å². The van der Waals surface area contributed by atoms with E-state index in [0.717, 1.165) is 11.1 Å². The maximum Gasteiger partial charge on any atom is 0.289 e. The highest BCUT2D eigenvalue weighted by molar-refractivity contribution is 6.31. The molecule has 0 unspecified atom stereocenters. The van der Waals surface area contributed by atoms with Crippen LogP contribution in [-0.4, -0.2) is 14.9 Å². The molecule has 2 rings (SSSR count). The maximum absolute atomic E-state index is 12.2. The molecule has 6 heteroatoms. The van der Waals surface area contributed by atoms with Crippen LogP contribution in [0.25, 0.3) is 0 Å². The third-order valence-electron chi connectivity index (χ3n) is 3.09. The van der Waals surface area contributed by atoms with Gasteiger partial charge in [-0.25, -0.2) is 4.68 Å². The van der Waals surface area contributed by atoms with E-state index in [-0.39, 0.29) is 29.5 Å². The molecule has 1 aromatic carbocycles. The Kier molecular flexibility index (Phi) is 4.88. The summed E-state index contributed by atoms with van der Waals surface area (Å²) >= 11 is 6.09. The third-order valence-corrected chi connectivity index (χ3v) is 3.44. The first-order valence-electron chi connectivity index (χ1n) is 6.92. The Labute approximate surface area is 134 Å². The van der Waals surface area contributed by atoms with Crippen LogP contribution in [-0.2, 0) is 18.8 Å². The number of rotatable bonds is 4. The predicted molar refractivity (Wildman–Crippen MR) is 85.2 cm³/mol. The second kappa shape index (κ2) is 6.50. The summed E-state index contributed by atoms with van der Waals surface area (Å²) in [5.41, 5.74) is 0.848. The molecule has 0 fully saturated rings. The number of aliphatic hydroxyl groups is 1. The molecule has 0 bridgehead atoms. The van der Waals surface area contributed by atoms with E-state index in [1.807, 2.05) is 45.0 Å². The van der Waals surface area contributed by atoms with Crippen molar-refractivity contribution < 1.29 is 9.84 Å². The van der Waals surface area contributed by atoms with Crippen molar-refractivity contribution in [3.8, 4) is 5.75 Å². The molecule has 0 saturated heterocycles. The second-order valence-corrected chi connectivity index (χ2v) is 6.36. The Morgan fingerprint density at radius 3 is 2.64 bits per heavy atom. The smallest absolute Gasteiger partial charge is 0.289 e. The number of halogens is 1. The highest BCUT2D eigenvalue weighted by atomic mass is 35.5. The Hall–Kier alpha value is -1.85. The molecule has 118 valence electrons. The van der Waals surface area contributed by atoms with E-state index in [0.29, 0.717) is 0 Å². The van der Waals surface area contributed by atoms with Crippen molar-refractivity contribution in [2.24, 2.45) is 0 Å². The number of ether oxygens (including phenoxy) is 1. The lowest BCUT2D eigenvalue weighted by atomic mass is 10.1. The average Bonchev–Trinajstić information content (AvgIpc) is 2.47. The van der Waals surface area contributed by atoms with Crippen LogP contribution < -0.4 is 10.3 Å². The fourth-order valence-electron chi connectivity index (χ4n) is 1.97. The van der Waals surface area contributed by atoms with Gasteiger partial charge in [0.2, 0.25) is 0 Å². The van der Waals surface area contributed by atoms with Gasteiger partial charge in [0.1, 0.15) is 6.61 Å². The standard InChI is InChI=1S/C16H19ClN2O3/c1-16(2,3)19-15(21)14(17)13(8-18-19)22-10-12-6-4-5-11(7-12)9-20/h4-8,20H,9-10H2,1-3H3. The lowest BCUT2D eigenvalue weighted by molar-refractivity contribution is 0.279. The van der Waals surface area contributed by atoms with Crippen LogP contribution in [0.1, 0.15) is 31.9 Å². The average molecular weight is 323 g/mol. The number of nitrogens with zero attached hydrogens (tertiary/aromatic N) is 2. The molecule has 1 heterocycles. The molecule has 0 aliphatic carbocycles. The molecular weight excluding hydrogens is 304 g/mol. The molecular formula is C16H19ClN2O3. The van der Waals surface area contributed by atoms with Gasteiger partial charge in [-0.1, -0.05) is 35.9 Å². The Morgan fingerprint density at radius 2 is 2.00 bits per heavy atom. The Balaban J connectivity index is 2.20. The van der Waals surface area contributed by atoms with E-state index in [2.05, 4.69) is 5.10 Å². The highest BCUT2D eigenvalue weighted by Crippen LogP contribution is 2.21. The number of aromatic nitrogens is 2. The van der Waals surface area contributed by atoms with Crippen LogP contribution >= 0.6 is 11.6 Å². The Morgan fingerprint density at radius 1 is 1.32 bits per heavy atom. The summed E-state index contributed by atoms with van der Waals surface area (Å²) in [6.45, 7) is 5.84. The van der Waals surface area contributed by atoms with E-state index < -0.39 is 5.54 Å². The molecule has 0 aliphatic rings. The van der Waals surface area contributed by atoms with Gasteiger partial charge < -0.3 is 9.84 Å². The number of benzene rings is 1. The molecule has 0 amide bonds. The van der Waals surface area contributed by atoms with E-state index in [1.165, 1.54) is 10.9 Å². The van der Waals surface area contributed by atoms with E-state index in [4.69, 9.17) is 21.4 Å². The largest absolute Gasteiger partial charge is 0.485 e. The zero-order valence-corrected chi connectivity index (χ0v) is 13.6. The van der Waals surface area contributed by atoms with Crippen LogP contribution in [0.2, 0.25) is 5.02 Å². The van der Waals surface area contributed by atoms with E-state index in [1.54, 1.807) is 0 Å². The van der Waals surface area contributed by atoms with Crippen molar-refractivity contribution in [2.45, 2.75) is 39.5 Å². The van der Waals surface area contributed by atoms with Crippen molar-refractivity contribution in [3.05, 3.63) is 57.0 Å². The molecule has 0 saturated carbocycles. The third kappa shape index (κ3) is 3.67. The molecule has 0 atom stereocenters. The van der Waals surface area contributed by atoms with Crippen molar-refractivity contribution in [1.82, 2.24) is 9.78 Å². The zero-order valence-electron chi connectivity index (χ0n) is 12.8. The van der Waals surface area contributed by atoms with Gasteiger partial charge in [0.25, 0.3) is 5.56 Å². The molecule has 0 aliphatic heterocycles. The minimum absolute atomic E-state index is 0.0169. The summed E-state index contributed by atoms with van der Waals surface area (Å²) in [6, 6.07) is 7.36. The predicted octanol–water partition coefficient (Wildman–Crippen LogP) is 2.72. The zero-order chi connectivity index (χ0) is 16.3. The quantitative estimate of drug-likeness (QED) is 0.940. The Bertz CT molecular complexity index is 720. The van der Waals surface area contributed by atoms with Gasteiger partial charge >= 0.3 is 0 Å². The fraction of sp³-hybridized carbons (Fsp3) is 0.375. The minimum Gasteiger partial charge on any atom is -0.485 e. The monoisotopic (exact) mass is 322 g/mol. The van der Waals surface area contributed by atoms with Crippen LogP contribution in [0.15, 0.2) is 35.3 Å². The van der Waals surface area contributed by atoms with Crippen molar-refractivity contribution in [1.29, 1.82) is 0 Å². The van der Waals surface area contributed by atoms with Crippen LogP contribution in [0.4, 0.5) is 0 Å². The number of hydrogen-bond donors (Lipinski definition) is 1. The summed E-state index contributed by atoms with van der Waals surface area (Å²) in [4.78, 5) is 12.2. The van der Waals surface area contributed by atoms with Gasteiger partial charge in [0.15, 0.2) is 10.8 Å². The SMILES string of the molecule is CC(C)(C)n1ncc(OCc2cccc(CO)c2)c(Cl)c1=O. The lowest BCUT2D eigenvalue weighted by Crippen LogP contribution is -2.36. The van der Waals surface area contributed by atoms with Crippen LogP contribution in [0.5, 0.6) is 5.75 Å². The molecule has 0 radical (unpaired) electrons. The fourth-order valence-corrected chi connectivity index (χ4v) is 2.16. The van der Waals surface area contributed by atoms with Crippen molar-refractivity contribution in [3.63, 3.8) is 0 Å². The van der Waals surface area contributed by atoms with Crippen LogP contribution in [0.3, 0.4) is 0 Å². The summed E-state index contributed by atoms with van der Waals surface area (Å²) in [5.74, 6) is 0.251. The first-order valence-corrected chi connectivity index (χ1v) is 7.30. The highest BCUT2D eigenvalue weighted by Gasteiger charge is 2.19. The number of hydrogen-bond acceptors (Lipinski definition) is 4. The topological polar surface area (TPSA) is 64.3 Å². The summed E-state index contributed by atoms with van der Waals surface area (Å²) in [7, 11) is 0. The van der Waals surface area contributed by atoms with Gasteiger partial charge in [0, 0.05) is 0 Å². The lowest BCUT2D eigenvalue weighted by Gasteiger charge is -2.21. The van der Waals surface area contributed by atoms with Crippen molar-refractivity contribution in [2.75, 3.05) is 0 Å². The van der Waals surface area contributed by atoms with Gasteiger partial charge in [-0.05, 0) is 31.9 Å². The van der Waals surface area contributed by atoms with Crippen molar-refractivity contribution >= 4 is 11.6 Å². The normalized spacial score (nSPS) is 11.5. The van der Waals surface area contributed by atoms with Gasteiger partial charge in [-0.15, -0.1) is 0 Å². The maximum atomic E-state index is 12.2. The van der Waals surface area contributed by atoms with Crippen LogP contribution in [0, 0.1) is 0 Å². The molecule has 2 aromatic rings. The number of aliphatic hydroxyl groups excluding tert-OH is 1. The summed E-state index contributed by atoms with van der Waals surface area (Å²) in [5, 5.41) is 13.2. The molecule has 1 aromatic heterocycles. The minimum atomic E-state index is -0.450. The molecule has 1 N–H and O–H groups in total. The van der Waals surface area contributed by atoms with E-state index in [9.17, 15) is 4.79 Å². The first-order chi connectivity index (χ1) is 10.3. The first kappa shape index (κ1) is 16.5. The van der Waals surface area contributed by atoms with Gasteiger partial charge in [-0.2, -0.15) is 5.10 Å². The second-order valence-electron chi connectivity index (χ2n) is 5.98. The van der Waals surface area contributed by atoms with Gasteiger partial charge in [-0.3, -0.25) is 4.79 Å². The summed E-state index contributed by atoms with van der Waals surface area (Å²) in [6.07, 6.45) is 1.45. The molecule has 5 nitrogen and oxygen atoms in total. The molecule has 0 spiro atoms. The summed E-state index contributed by atoms with van der Waals surface area (Å²) < 4.78 is 6.91.